The summed E-state index contributed by atoms with van der Waals surface area (Å²) in [6.45, 7) is 0.0499. The largest absolute Gasteiger partial charge is 0.396 e. The first-order chi connectivity index (χ1) is 8.80. The van der Waals surface area contributed by atoms with Crippen molar-refractivity contribution in [3.8, 4) is 0 Å². The predicted octanol–water partition coefficient (Wildman–Crippen LogP) is 1.11. The molecule has 2 rings (SSSR count). The van der Waals surface area contributed by atoms with Crippen LogP contribution in [0.5, 0.6) is 0 Å². The van der Waals surface area contributed by atoms with Crippen LogP contribution in [-0.2, 0) is 10.0 Å². The van der Waals surface area contributed by atoms with Crippen molar-refractivity contribution in [1.29, 1.82) is 0 Å². The summed E-state index contributed by atoms with van der Waals surface area (Å²) < 4.78 is 39.6. The van der Waals surface area contributed by atoms with Crippen molar-refractivity contribution in [3.63, 3.8) is 0 Å². The van der Waals surface area contributed by atoms with E-state index in [0.29, 0.717) is 0 Å². The Kier molecular flexibility index (Phi) is 3.74. The third kappa shape index (κ3) is 3.00. The highest BCUT2D eigenvalue weighted by Gasteiger charge is 2.42. The summed E-state index contributed by atoms with van der Waals surface area (Å²) in [4.78, 5) is -0.262. The van der Waals surface area contributed by atoms with Gasteiger partial charge in [-0.05, 0) is 25.0 Å². The number of anilines is 1. The van der Waals surface area contributed by atoms with E-state index < -0.39 is 15.8 Å². The SMILES string of the molecule is Nc1cc(S(=O)(=O)NCC2(CO)CC2)c(Cl)cc1F. The fraction of sp³-hybridized carbons (Fsp3) is 0.455. The summed E-state index contributed by atoms with van der Waals surface area (Å²) >= 11 is 5.72. The molecule has 0 atom stereocenters. The third-order valence-corrected chi connectivity index (χ3v) is 5.14. The van der Waals surface area contributed by atoms with Crippen LogP contribution in [0.2, 0.25) is 5.02 Å². The van der Waals surface area contributed by atoms with E-state index in [9.17, 15) is 12.8 Å². The standard InChI is InChI=1S/C11H14ClFN2O3S/c12-7-3-8(13)9(14)4-10(7)19(17,18)15-5-11(6-16)1-2-11/h3-4,15-16H,1-2,5-6,14H2. The highest BCUT2D eigenvalue weighted by molar-refractivity contribution is 7.89. The number of halogens is 2. The second kappa shape index (κ2) is 4.90. The molecule has 8 heteroatoms. The lowest BCUT2D eigenvalue weighted by atomic mass is 10.1. The van der Waals surface area contributed by atoms with Gasteiger partial charge in [0.05, 0.1) is 10.7 Å². The number of nitrogen functional groups attached to an aromatic ring is 1. The highest BCUT2D eigenvalue weighted by atomic mass is 35.5. The van der Waals surface area contributed by atoms with Crippen LogP contribution in [0.25, 0.3) is 0 Å². The van der Waals surface area contributed by atoms with Gasteiger partial charge in [0.1, 0.15) is 10.7 Å². The van der Waals surface area contributed by atoms with Gasteiger partial charge in [0.25, 0.3) is 0 Å². The first-order valence-electron chi connectivity index (χ1n) is 5.65. The maximum absolute atomic E-state index is 13.1. The van der Waals surface area contributed by atoms with Crippen LogP contribution in [0.15, 0.2) is 17.0 Å². The average molecular weight is 309 g/mol. The number of sulfonamides is 1. The molecule has 0 amide bonds. The topological polar surface area (TPSA) is 92.4 Å². The van der Waals surface area contributed by atoms with Gasteiger partial charge in [-0.15, -0.1) is 0 Å². The molecule has 0 bridgehead atoms. The Balaban J connectivity index is 2.22. The Bertz CT molecular complexity index is 602. The number of nitrogens with two attached hydrogens (primary N) is 1. The Morgan fingerprint density at radius 2 is 2.11 bits per heavy atom. The highest BCUT2D eigenvalue weighted by Crippen LogP contribution is 2.44. The fourth-order valence-electron chi connectivity index (χ4n) is 1.64. The van der Waals surface area contributed by atoms with Gasteiger partial charge in [-0.3, -0.25) is 0 Å². The maximum Gasteiger partial charge on any atom is 0.242 e. The van der Waals surface area contributed by atoms with Crippen LogP contribution in [0.1, 0.15) is 12.8 Å². The van der Waals surface area contributed by atoms with E-state index in [-0.39, 0.29) is 34.2 Å². The first-order valence-corrected chi connectivity index (χ1v) is 7.51. The minimum Gasteiger partial charge on any atom is -0.396 e. The quantitative estimate of drug-likeness (QED) is 0.711. The van der Waals surface area contributed by atoms with E-state index in [1.165, 1.54) is 0 Å². The van der Waals surface area contributed by atoms with Crippen LogP contribution in [0.4, 0.5) is 10.1 Å². The zero-order valence-electron chi connectivity index (χ0n) is 9.99. The van der Waals surface area contributed by atoms with Crippen molar-refractivity contribution < 1.29 is 17.9 Å². The smallest absolute Gasteiger partial charge is 0.242 e. The predicted molar refractivity (Wildman–Crippen MR) is 69.8 cm³/mol. The molecule has 5 nitrogen and oxygen atoms in total. The Hall–Kier alpha value is -0.890. The summed E-state index contributed by atoms with van der Waals surface area (Å²) in [7, 11) is -3.87. The molecule has 0 aliphatic heterocycles. The molecule has 4 N–H and O–H groups in total. The molecule has 106 valence electrons. The minimum atomic E-state index is -3.87. The van der Waals surface area contributed by atoms with Crippen molar-refractivity contribution in [2.75, 3.05) is 18.9 Å². The molecule has 1 aliphatic carbocycles. The lowest BCUT2D eigenvalue weighted by Crippen LogP contribution is -2.32. The normalized spacial score (nSPS) is 17.4. The average Bonchev–Trinajstić information content (AvgIpc) is 3.12. The molecule has 1 aliphatic rings. The van der Waals surface area contributed by atoms with Gasteiger partial charge in [0.2, 0.25) is 10.0 Å². The van der Waals surface area contributed by atoms with Crippen LogP contribution in [-0.4, -0.2) is 26.7 Å². The maximum atomic E-state index is 13.1. The summed E-state index contributed by atoms with van der Waals surface area (Å²) in [6, 6.07) is 1.85. The molecular formula is C11H14ClFN2O3S. The number of nitrogens with one attached hydrogen (secondary N) is 1. The molecule has 0 aromatic heterocycles. The van der Waals surface area contributed by atoms with Crippen LogP contribution in [0, 0.1) is 11.2 Å². The molecule has 19 heavy (non-hydrogen) atoms. The summed E-state index contributed by atoms with van der Waals surface area (Å²) in [5.74, 6) is -0.766. The zero-order chi connectivity index (χ0) is 14.3. The molecule has 0 radical (unpaired) electrons. The summed E-state index contributed by atoms with van der Waals surface area (Å²) in [5.41, 5.74) is 4.69. The zero-order valence-corrected chi connectivity index (χ0v) is 11.6. The molecular weight excluding hydrogens is 295 g/mol. The van der Waals surface area contributed by atoms with Crippen molar-refractivity contribution in [2.45, 2.75) is 17.7 Å². The van der Waals surface area contributed by atoms with E-state index in [2.05, 4.69) is 4.72 Å². The first kappa shape index (κ1) is 14.5. The lowest BCUT2D eigenvalue weighted by molar-refractivity contribution is 0.213. The van der Waals surface area contributed by atoms with Crippen molar-refractivity contribution in [1.82, 2.24) is 4.72 Å². The van der Waals surface area contributed by atoms with E-state index in [1.54, 1.807) is 0 Å². The number of hydrogen-bond acceptors (Lipinski definition) is 4. The third-order valence-electron chi connectivity index (χ3n) is 3.27. The van der Waals surface area contributed by atoms with Crippen molar-refractivity contribution >= 4 is 27.3 Å². The van der Waals surface area contributed by atoms with Gasteiger partial charge >= 0.3 is 0 Å². The Morgan fingerprint density at radius 3 is 2.63 bits per heavy atom. The van der Waals surface area contributed by atoms with Gasteiger partial charge in [0, 0.05) is 18.6 Å². The van der Waals surface area contributed by atoms with Gasteiger partial charge in [-0.2, -0.15) is 0 Å². The van der Waals surface area contributed by atoms with Crippen LogP contribution < -0.4 is 10.5 Å². The van der Waals surface area contributed by atoms with Gasteiger partial charge in [-0.25, -0.2) is 17.5 Å². The number of aliphatic hydroxyl groups excluding tert-OH is 1. The molecule has 0 spiro atoms. The second-order valence-electron chi connectivity index (χ2n) is 4.79. The van der Waals surface area contributed by atoms with Crippen LogP contribution in [0.3, 0.4) is 0 Å². The molecule has 0 saturated heterocycles. The second-order valence-corrected chi connectivity index (χ2v) is 6.93. The number of hydrogen-bond donors (Lipinski definition) is 3. The van der Waals surface area contributed by atoms with Crippen LogP contribution >= 0.6 is 11.6 Å². The Morgan fingerprint density at radius 1 is 1.47 bits per heavy atom. The summed E-state index contributed by atoms with van der Waals surface area (Å²) in [5, 5.41) is 8.90. The Labute approximate surface area is 115 Å². The van der Waals surface area contributed by atoms with Gasteiger partial charge < -0.3 is 10.8 Å². The number of benzene rings is 1. The van der Waals surface area contributed by atoms with E-state index >= 15 is 0 Å². The molecule has 1 saturated carbocycles. The fourth-order valence-corrected chi connectivity index (χ4v) is 3.35. The van der Waals surface area contributed by atoms with E-state index in [4.69, 9.17) is 22.4 Å². The van der Waals surface area contributed by atoms with E-state index in [1.807, 2.05) is 0 Å². The summed E-state index contributed by atoms with van der Waals surface area (Å²) in [6.07, 6.45) is 1.54. The van der Waals surface area contributed by atoms with Gasteiger partial charge in [0.15, 0.2) is 0 Å². The lowest BCUT2D eigenvalue weighted by Gasteiger charge is -2.14. The number of aliphatic hydroxyl groups is 1. The molecule has 1 aromatic carbocycles. The van der Waals surface area contributed by atoms with Crippen molar-refractivity contribution in [2.24, 2.45) is 5.41 Å². The van der Waals surface area contributed by atoms with Crippen molar-refractivity contribution in [3.05, 3.63) is 23.0 Å². The number of rotatable bonds is 5. The molecule has 1 fully saturated rings. The van der Waals surface area contributed by atoms with E-state index in [0.717, 1.165) is 25.0 Å². The monoisotopic (exact) mass is 308 g/mol. The molecule has 0 unspecified atom stereocenters. The van der Waals surface area contributed by atoms with Gasteiger partial charge in [-0.1, -0.05) is 11.6 Å². The molecule has 1 aromatic rings. The molecule has 0 heterocycles. The minimum absolute atomic E-state index is 0.0746.